The smallest absolute Gasteiger partial charge is 0.191 e. The second-order valence-corrected chi connectivity index (χ2v) is 21.8. The zero-order valence-electron chi connectivity index (χ0n) is 25.5. The van der Waals surface area contributed by atoms with E-state index < -0.39 is 26.9 Å². The molecule has 0 radical (unpaired) electrons. The maximum absolute atomic E-state index is 15.7. The maximum Gasteiger partial charge on any atom is 0.191 e. The minimum atomic E-state index is -3.42. The minimum absolute atomic E-state index is 0.00672. The Morgan fingerprint density at radius 3 is 2.15 bits per heavy atom. The lowest BCUT2D eigenvalue weighted by Crippen LogP contribution is -2.55. The van der Waals surface area contributed by atoms with E-state index in [1.807, 2.05) is 60.7 Å². The van der Waals surface area contributed by atoms with Crippen LogP contribution in [0.2, 0.25) is 18.1 Å². The first-order valence-corrected chi connectivity index (χ1v) is 19.8. The lowest BCUT2D eigenvalue weighted by Gasteiger charge is -2.46. The molecular formula is C34H49O4PSi. The van der Waals surface area contributed by atoms with E-state index in [0.717, 1.165) is 42.7 Å². The van der Waals surface area contributed by atoms with E-state index in [1.54, 1.807) is 7.11 Å². The molecule has 6 atom stereocenters. The highest BCUT2D eigenvalue weighted by atomic mass is 31.2. The van der Waals surface area contributed by atoms with Crippen molar-refractivity contribution in [2.45, 2.75) is 89.4 Å². The third kappa shape index (κ3) is 4.74. The van der Waals surface area contributed by atoms with Gasteiger partial charge in [-0.25, -0.2) is 0 Å². The van der Waals surface area contributed by atoms with E-state index in [4.69, 9.17) is 9.16 Å². The van der Waals surface area contributed by atoms with E-state index in [9.17, 15) is 5.11 Å². The molecule has 3 aliphatic carbocycles. The highest BCUT2D eigenvalue weighted by Gasteiger charge is 2.75. The summed E-state index contributed by atoms with van der Waals surface area (Å²) in [7, 11) is -3.71. The lowest BCUT2D eigenvalue weighted by atomic mass is 9.75. The van der Waals surface area contributed by atoms with Gasteiger partial charge in [-0.1, -0.05) is 100 Å². The molecule has 1 N–H and O–H groups in total. The first-order valence-electron chi connectivity index (χ1n) is 15.1. The second-order valence-electron chi connectivity index (χ2n) is 14.2. The maximum atomic E-state index is 15.7. The molecule has 5 rings (SSSR count). The van der Waals surface area contributed by atoms with Gasteiger partial charge in [0.25, 0.3) is 0 Å². The normalized spacial score (nSPS) is 31.1. The quantitative estimate of drug-likeness (QED) is 0.190. The summed E-state index contributed by atoms with van der Waals surface area (Å²) < 4.78 is 28.8. The van der Waals surface area contributed by atoms with Crippen LogP contribution in [0.3, 0.4) is 0 Å². The van der Waals surface area contributed by atoms with Gasteiger partial charge < -0.3 is 18.8 Å². The number of hydrogen-bond acceptors (Lipinski definition) is 4. The SMILES string of the molecule is COC([C@@]1(O)[C@@H](CCO[Si](C)(C)C(C)(C)C)CCC2=CCC[C@]3(C)[C@H]1[C@H]23)P(=O)(c1ccccc1)c1ccccc1. The van der Waals surface area contributed by atoms with Crippen molar-refractivity contribution in [1.82, 2.24) is 0 Å². The van der Waals surface area contributed by atoms with E-state index in [-0.39, 0.29) is 22.3 Å². The highest BCUT2D eigenvalue weighted by Crippen LogP contribution is 2.76. The number of ether oxygens (including phenoxy) is 1. The first kappa shape index (κ1) is 30.0. The van der Waals surface area contributed by atoms with Crippen LogP contribution >= 0.6 is 7.14 Å². The molecule has 2 aromatic carbocycles. The van der Waals surface area contributed by atoms with Gasteiger partial charge in [0.1, 0.15) is 11.4 Å². The highest BCUT2D eigenvalue weighted by molar-refractivity contribution is 7.79. The van der Waals surface area contributed by atoms with Gasteiger partial charge in [-0.2, -0.15) is 0 Å². The largest absolute Gasteiger partial charge is 0.417 e. The Labute approximate surface area is 243 Å². The molecule has 3 aliphatic rings. The number of benzene rings is 2. The molecule has 1 unspecified atom stereocenters. The van der Waals surface area contributed by atoms with E-state index in [2.05, 4.69) is 46.9 Å². The van der Waals surface area contributed by atoms with Crippen LogP contribution in [0.15, 0.2) is 72.3 Å². The van der Waals surface area contributed by atoms with Crippen LogP contribution in [0.5, 0.6) is 0 Å². The van der Waals surface area contributed by atoms with Crippen LogP contribution in [0, 0.1) is 23.2 Å². The molecular weight excluding hydrogens is 531 g/mol. The van der Waals surface area contributed by atoms with Crippen LogP contribution < -0.4 is 10.6 Å². The van der Waals surface area contributed by atoms with Crippen molar-refractivity contribution in [1.29, 1.82) is 0 Å². The molecule has 2 aromatic rings. The molecule has 40 heavy (non-hydrogen) atoms. The summed E-state index contributed by atoms with van der Waals surface area (Å²) in [6, 6.07) is 19.5. The fourth-order valence-electron chi connectivity index (χ4n) is 7.84. The molecule has 0 spiro atoms. The van der Waals surface area contributed by atoms with Crippen molar-refractivity contribution in [2.24, 2.45) is 23.2 Å². The molecule has 218 valence electrons. The predicted octanol–water partition coefficient (Wildman–Crippen LogP) is 7.50. The minimum Gasteiger partial charge on any atom is -0.417 e. The summed E-state index contributed by atoms with van der Waals surface area (Å²) in [5.41, 5.74) is 0.243. The average Bonchev–Trinajstić information content (AvgIpc) is 3.60. The van der Waals surface area contributed by atoms with Gasteiger partial charge in [0.05, 0.1) is 0 Å². The van der Waals surface area contributed by atoms with Gasteiger partial charge in [-0.3, -0.25) is 0 Å². The van der Waals surface area contributed by atoms with Crippen LogP contribution in [0.1, 0.15) is 59.8 Å². The molecule has 2 saturated carbocycles. The molecule has 4 nitrogen and oxygen atoms in total. The number of allylic oxidation sites excluding steroid dienone is 2. The molecule has 0 amide bonds. The van der Waals surface area contributed by atoms with Crippen molar-refractivity contribution >= 4 is 26.1 Å². The Hall–Kier alpha value is -1.49. The predicted molar refractivity (Wildman–Crippen MR) is 168 cm³/mol. The van der Waals surface area contributed by atoms with Gasteiger partial charge in [0.15, 0.2) is 15.5 Å². The molecule has 0 aromatic heterocycles. The van der Waals surface area contributed by atoms with Crippen molar-refractivity contribution in [3.8, 4) is 0 Å². The monoisotopic (exact) mass is 580 g/mol. The van der Waals surface area contributed by atoms with E-state index >= 15 is 4.57 Å². The van der Waals surface area contributed by atoms with Gasteiger partial charge in [-0.15, -0.1) is 0 Å². The van der Waals surface area contributed by atoms with Gasteiger partial charge in [0, 0.05) is 30.2 Å². The van der Waals surface area contributed by atoms with Gasteiger partial charge in [0.2, 0.25) is 0 Å². The molecule has 0 saturated heterocycles. The first-order chi connectivity index (χ1) is 18.8. The third-order valence-corrected chi connectivity index (χ3v) is 19.0. The fourth-order valence-corrected chi connectivity index (χ4v) is 12.2. The zero-order valence-corrected chi connectivity index (χ0v) is 27.4. The number of rotatable bonds is 9. The molecule has 0 bridgehead atoms. The second kappa shape index (κ2) is 10.7. The Balaban J connectivity index is 1.62. The third-order valence-electron chi connectivity index (χ3n) is 11.0. The zero-order chi connectivity index (χ0) is 29.0. The number of methoxy groups -OCH3 is 1. The molecule has 0 heterocycles. The fraction of sp³-hybridized carbons (Fsp3) is 0.588. The summed E-state index contributed by atoms with van der Waals surface area (Å²) in [4.78, 5) is 0. The van der Waals surface area contributed by atoms with Crippen molar-refractivity contribution in [2.75, 3.05) is 13.7 Å². The summed E-state index contributed by atoms with van der Waals surface area (Å²) in [5.74, 6) is -0.592. The average molecular weight is 581 g/mol. The number of aliphatic hydroxyl groups is 1. The van der Waals surface area contributed by atoms with Crippen LogP contribution in [-0.2, 0) is 13.7 Å². The summed E-state index contributed by atoms with van der Waals surface area (Å²) in [6.45, 7) is 14.3. The Morgan fingerprint density at radius 1 is 1.05 bits per heavy atom. The van der Waals surface area contributed by atoms with Gasteiger partial charge >= 0.3 is 0 Å². The summed E-state index contributed by atoms with van der Waals surface area (Å²) in [5, 5.41) is 15.0. The Kier molecular flexibility index (Phi) is 7.98. The summed E-state index contributed by atoms with van der Waals surface area (Å²) >= 11 is 0. The van der Waals surface area contributed by atoms with Crippen molar-refractivity contribution < 1.29 is 18.8 Å². The molecule has 6 heteroatoms. The Bertz CT molecular complexity index is 1230. The van der Waals surface area contributed by atoms with Crippen LogP contribution in [0.4, 0.5) is 0 Å². The van der Waals surface area contributed by atoms with Crippen molar-refractivity contribution in [3.63, 3.8) is 0 Å². The van der Waals surface area contributed by atoms with Crippen LogP contribution in [-0.4, -0.2) is 38.6 Å². The summed E-state index contributed by atoms with van der Waals surface area (Å²) in [6.07, 6.45) is 7.12. The lowest BCUT2D eigenvalue weighted by molar-refractivity contribution is -0.122. The van der Waals surface area contributed by atoms with E-state index in [1.165, 1.54) is 5.57 Å². The molecule has 0 aliphatic heterocycles. The Morgan fingerprint density at radius 2 is 1.62 bits per heavy atom. The van der Waals surface area contributed by atoms with Crippen LogP contribution in [0.25, 0.3) is 0 Å². The van der Waals surface area contributed by atoms with Gasteiger partial charge in [-0.05, 0) is 67.5 Å². The van der Waals surface area contributed by atoms with E-state index in [0.29, 0.717) is 12.5 Å². The van der Waals surface area contributed by atoms with Crippen molar-refractivity contribution in [3.05, 3.63) is 72.3 Å². The standard InChI is InChI=1S/C34H49O4PSi/c1-32(2,3)40(6,7)38-24-22-26-21-20-25-15-14-23-33(4)29(25)30(33)34(26,35)31(37-5)39(36,27-16-10-8-11-17-27)28-18-12-9-13-19-28/h8-13,15-19,26,29-31,35H,14,20-24H2,1-7H3/t26-,29+,30-,31?,33+,34-/m1/s1. The number of hydrogen-bond donors (Lipinski definition) is 1. The molecule has 2 fully saturated rings. The number of fused-ring (bicyclic) bond motifs is 1. The topological polar surface area (TPSA) is 55.8 Å².